The maximum Gasteiger partial charge on any atom is 0.268 e. The zero-order valence-electron chi connectivity index (χ0n) is 14.4. The molecule has 25 heavy (non-hydrogen) atoms. The molecule has 3 saturated heterocycles. The Bertz CT molecular complexity index is 840. The number of hydrogen-bond donors (Lipinski definition) is 1. The number of nitrogens with zero attached hydrogens (tertiary/aromatic N) is 3. The van der Waals surface area contributed by atoms with E-state index in [0.29, 0.717) is 17.2 Å². The molecule has 5 nitrogen and oxygen atoms in total. The second-order valence-electron chi connectivity index (χ2n) is 7.07. The van der Waals surface area contributed by atoms with Gasteiger partial charge in [0, 0.05) is 25.3 Å². The van der Waals surface area contributed by atoms with Crippen LogP contribution in [0.4, 0.5) is 0 Å². The molecule has 0 aliphatic carbocycles. The number of nitrogens with one attached hydrogen (secondary N) is 1. The Morgan fingerprint density at radius 1 is 1.24 bits per heavy atom. The average Bonchev–Trinajstić information content (AvgIpc) is 3.04. The zero-order valence-corrected chi connectivity index (χ0v) is 14.4. The van der Waals surface area contributed by atoms with Crippen LogP contribution in [-0.2, 0) is 7.05 Å². The summed E-state index contributed by atoms with van der Waals surface area (Å²) in [4.78, 5) is 15.2. The van der Waals surface area contributed by atoms with Crippen LogP contribution in [0.5, 0.6) is 0 Å². The number of fused-ring (bicyclic) bond motifs is 3. The quantitative estimate of drug-likeness (QED) is 0.937. The lowest BCUT2D eigenvalue weighted by Gasteiger charge is -2.44. The van der Waals surface area contributed by atoms with E-state index in [-0.39, 0.29) is 11.9 Å². The van der Waals surface area contributed by atoms with E-state index in [0.717, 1.165) is 17.8 Å². The van der Waals surface area contributed by atoms with E-state index in [4.69, 9.17) is 5.26 Å². The van der Waals surface area contributed by atoms with E-state index in [1.165, 1.54) is 25.9 Å². The summed E-state index contributed by atoms with van der Waals surface area (Å²) in [5.41, 5.74) is 3.17. The van der Waals surface area contributed by atoms with Gasteiger partial charge in [0.05, 0.1) is 11.6 Å². The van der Waals surface area contributed by atoms with Crippen molar-refractivity contribution in [2.75, 3.05) is 19.6 Å². The highest BCUT2D eigenvalue weighted by Gasteiger charge is 2.35. The lowest BCUT2D eigenvalue weighted by molar-refractivity contribution is 0.0616. The van der Waals surface area contributed by atoms with Crippen LogP contribution >= 0.6 is 0 Å². The Labute approximate surface area is 147 Å². The Balaban J connectivity index is 1.54. The molecular weight excluding hydrogens is 312 g/mol. The summed E-state index contributed by atoms with van der Waals surface area (Å²) in [6, 6.07) is 13.7. The van der Waals surface area contributed by atoms with E-state index in [1.54, 1.807) is 6.07 Å². The monoisotopic (exact) mass is 334 g/mol. The third-order valence-corrected chi connectivity index (χ3v) is 5.61. The minimum atomic E-state index is -0.0102. The highest BCUT2D eigenvalue weighted by Crippen LogP contribution is 2.28. The minimum Gasteiger partial charge on any atom is -0.346 e. The average molecular weight is 334 g/mol. The summed E-state index contributed by atoms with van der Waals surface area (Å²) in [6.07, 6.45) is 2.37. The van der Waals surface area contributed by atoms with Gasteiger partial charge in [-0.15, -0.1) is 0 Å². The van der Waals surface area contributed by atoms with Crippen molar-refractivity contribution in [2.45, 2.75) is 18.9 Å². The molecule has 3 aliphatic rings. The molecule has 1 aromatic heterocycles. The fraction of sp³-hybridized carbons (Fsp3) is 0.400. The molecule has 1 amide bonds. The molecule has 1 N–H and O–H groups in total. The number of benzene rings is 1. The zero-order chi connectivity index (χ0) is 17.4. The Morgan fingerprint density at radius 2 is 2.04 bits per heavy atom. The second kappa shape index (κ2) is 6.38. The molecule has 1 aromatic carbocycles. The molecule has 0 unspecified atom stereocenters. The third-order valence-electron chi connectivity index (χ3n) is 5.61. The first-order valence-corrected chi connectivity index (χ1v) is 8.85. The van der Waals surface area contributed by atoms with Crippen molar-refractivity contribution in [2.24, 2.45) is 13.0 Å². The first-order valence-electron chi connectivity index (χ1n) is 8.85. The van der Waals surface area contributed by atoms with E-state index in [1.807, 2.05) is 41.9 Å². The van der Waals surface area contributed by atoms with Crippen LogP contribution in [0.3, 0.4) is 0 Å². The van der Waals surface area contributed by atoms with Crippen molar-refractivity contribution in [1.82, 2.24) is 14.8 Å². The largest absolute Gasteiger partial charge is 0.346 e. The Hall–Kier alpha value is -2.58. The van der Waals surface area contributed by atoms with Gasteiger partial charge in [-0.25, -0.2) is 0 Å². The summed E-state index contributed by atoms with van der Waals surface area (Å²) in [6.45, 7) is 3.30. The summed E-state index contributed by atoms with van der Waals surface area (Å²) in [7, 11) is 1.90. The van der Waals surface area contributed by atoms with Crippen LogP contribution in [-0.4, -0.2) is 41.1 Å². The predicted molar refractivity (Wildman–Crippen MR) is 96.0 cm³/mol. The van der Waals surface area contributed by atoms with Crippen LogP contribution < -0.4 is 5.32 Å². The van der Waals surface area contributed by atoms with Crippen molar-refractivity contribution in [1.29, 1.82) is 5.26 Å². The first kappa shape index (κ1) is 15.9. The van der Waals surface area contributed by atoms with Crippen molar-refractivity contribution >= 4 is 5.91 Å². The molecule has 3 fully saturated rings. The Kier molecular flexibility index (Phi) is 4.06. The van der Waals surface area contributed by atoms with Crippen LogP contribution in [0.1, 0.15) is 28.9 Å². The molecule has 0 spiro atoms. The number of hydrogen-bond acceptors (Lipinski definition) is 3. The van der Waals surface area contributed by atoms with Crippen LogP contribution in [0.15, 0.2) is 36.4 Å². The summed E-state index contributed by atoms with van der Waals surface area (Å²) >= 11 is 0. The van der Waals surface area contributed by atoms with Gasteiger partial charge in [-0.3, -0.25) is 4.79 Å². The van der Waals surface area contributed by atoms with Crippen molar-refractivity contribution < 1.29 is 4.79 Å². The summed E-state index contributed by atoms with van der Waals surface area (Å²) in [5, 5.41) is 12.3. The van der Waals surface area contributed by atoms with Gasteiger partial charge < -0.3 is 14.8 Å². The van der Waals surface area contributed by atoms with Gasteiger partial charge in [0.15, 0.2) is 0 Å². The van der Waals surface area contributed by atoms with E-state index < -0.39 is 0 Å². The molecule has 5 heteroatoms. The lowest BCUT2D eigenvalue weighted by Crippen LogP contribution is -2.57. The number of amides is 1. The predicted octanol–water partition coefficient (Wildman–Crippen LogP) is 2.39. The minimum absolute atomic E-state index is 0.0102. The first-order chi connectivity index (χ1) is 12.2. The van der Waals surface area contributed by atoms with Crippen molar-refractivity contribution in [3.63, 3.8) is 0 Å². The van der Waals surface area contributed by atoms with Gasteiger partial charge in [-0.05, 0) is 61.7 Å². The van der Waals surface area contributed by atoms with E-state index >= 15 is 0 Å². The summed E-state index contributed by atoms with van der Waals surface area (Å²) < 4.78 is 1.91. The van der Waals surface area contributed by atoms with Gasteiger partial charge in [0.1, 0.15) is 5.69 Å². The number of aromatic nitrogens is 1. The number of nitriles is 1. The molecule has 0 radical (unpaired) electrons. The van der Waals surface area contributed by atoms with Gasteiger partial charge in [0.2, 0.25) is 0 Å². The molecule has 2 bridgehead atoms. The van der Waals surface area contributed by atoms with Crippen molar-refractivity contribution in [3.05, 3.63) is 47.7 Å². The third kappa shape index (κ3) is 2.94. The van der Waals surface area contributed by atoms with Crippen molar-refractivity contribution in [3.8, 4) is 17.3 Å². The standard InChI is InChI=1S/C20H22N4O/c1-23-18(16-4-2-3-14(11-16)12-21)5-6-19(23)20(25)22-17-13-24-9-7-15(17)8-10-24/h2-6,11,15,17H,7-10,13H2,1H3,(H,22,25)/t17-/m0/s1. The molecular formula is C20H22N4O. The van der Waals surface area contributed by atoms with Gasteiger partial charge in [-0.2, -0.15) is 5.26 Å². The molecule has 128 valence electrons. The van der Waals surface area contributed by atoms with Crippen LogP contribution in [0.25, 0.3) is 11.3 Å². The molecule has 1 atom stereocenters. The molecule has 4 heterocycles. The summed E-state index contributed by atoms with van der Waals surface area (Å²) in [5.74, 6) is 0.602. The van der Waals surface area contributed by atoms with Gasteiger partial charge in [-0.1, -0.05) is 12.1 Å². The SMILES string of the molecule is Cn1c(C(=O)N[C@H]2CN3CCC2CC3)ccc1-c1cccc(C#N)c1. The maximum atomic E-state index is 12.8. The fourth-order valence-corrected chi connectivity index (χ4v) is 4.15. The van der Waals surface area contributed by atoms with Gasteiger partial charge >= 0.3 is 0 Å². The van der Waals surface area contributed by atoms with Crippen LogP contribution in [0.2, 0.25) is 0 Å². The molecule has 0 saturated carbocycles. The Morgan fingerprint density at radius 3 is 2.72 bits per heavy atom. The second-order valence-corrected chi connectivity index (χ2v) is 7.07. The van der Waals surface area contributed by atoms with Crippen LogP contribution in [0, 0.1) is 17.2 Å². The lowest BCUT2D eigenvalue weighted by atomic mass is 9.84. The molecule has 2 aromatic rings. The van der Waals surface area contributed by atoms with E-state index in [9.17, 15) is 4.79 Å². The maximum absolute atomic E-state index is 12.8. The highest BCUT2D eigenvalue weighted by molar-refractivity contribution is 5.94. The van der Waals surface area contributed by atoms with E-state index in [2.05, 4.69) is 16.3 Å². The highest BCUT2D eigenvalue weighted by atomic mass is 16.2. The normalized spacial score (nSPS) is 24.7. The van der Waals surface area contributed by atoms with Gasteiger partial charge in [0.25, 0.3) is 5.91 Å². The molecule has 5 rings (SSSR count). The number of carbonyl (C=O) groups excluding carboxylic acids is 1. The topological polar surface area (TPSA) is 61.1 Å². The smallest absolute Gasteiger partial charge is 0.268 e. The number of piperidine rings is 3. The fourth-order valence-electron chi connectivity index (χ4n) is 4.15. The number of carbonyl (C=O) groups is 1. The molecule has 3 aliphatic heterocycles. The number of rotatable bonds is 3.